The first-order chi connectivity index (χ1) is 16.1. The fraction of sp³-hybridized carbons (Fsp3) is 0.478. The predicted octanol–water partition coefficient (Wildman–Crippen LogP) is 3.38. The maximum Gasteiger partial charge on any atom is 0.293 e. The zero-order chi connectivity index (χ0) is 24.3. The lowest BCUT2D eigenvalue weighted by molar-refractivity contribution is -0.0272. The molecule has 2 amide bonds. The number of carbonyl (C=O) groups excluding carboxylic acids is 2. The van der Waals surface area contributed by atoms with E-state index in [2.05, 4.69) is 37.5 Å². The zero-order valence-electron chi connectivity index (χ0n) is 18.7. The first-order valence-corrected chi connectivity index (χ1v) is 12.3. The van der Waals surface area contributed by atoms with E-state index >= 15 is 0 Å². The van der Waals surface area contributed by atoms with Crippen molar-refractivity contribution in [3.8, 4) is 0 Å². The highest BCUT2D eigenvalue weighted by Crippen LogP contribution is 2.54. The summed E-state index contributed by atoms with van der Waals surface area (Å²) in [5.41, 5.74) is 1.90. The van der Waals surface area contributed by atoms with Gasteiger partial charge in [-0.3, -0.25) is 9.59 Å². The third kappa shape index (κ3) is 4.47. The molecule has 11 heteroatoms. The number of amides is 2. The zero-order valence-corrected chi connectivity index (χ0v) is 20.9. The van der Waals surface area contributed by atoms with Gasteiger partial charge in [-0.2, -0.15) is 0 Å². The average molecular weight is 582 g/mol. The lowest BCUT2D eigenvalue weighted by Gasteiger charge is -2.38. The molecular formula is C23H25F2IN6O2. The highest BCUT2D eigenvalue weighted by molar-refractivity contribution is 14.1. The first kappa shape index (κ1) is 23.3. The second-order valence-electron chi connectivity index (χ2n) is 9.54. The van der Waals surface area contributed by atoms with Crippen LogP contribution in [0.25, 0.3) is 0 Å². The Balaban J connectivity index is 1.37. The molecule has 0 radical (unpaired) electrons. The largest absolute Gasteiger partial charge is 0.371 e. The molecule has 5 rings (SSSR count). The Labute approximate surface area is 209 Å². The number of nitrogens with zero attached hydrogens (tertiary/aromatic N) is 5. The molecule has 0 bridgehead atoms. The van der Waals surface area contributed by atoms with E-state index in [4.69, 9.17) is 5.84 Å². The third-order valence-electron chi connectivity index (χ3n) is 6.94. The van der Waals surface area contributed by atoms with E-state index in [0.29, 0.717) is 21.7 Å². The van der Waals surface area contributed by atoms with Crippen LogP contribution in [0.3, 0.4) is 0 Å². The van der Waals surface area contributed by atoms with Crippen molar-refractivity contribution >= 4 is 46.0 Å². The third-order valence-corrected chi connectivity index (χ3v) is 7.61. The molecule has 1 aromatic heterocycles. The topological polar surface area (TPSA) is 95.7 Å². The number of rotatable bonds is 4. The fourth-order valence-electron chi connectivity index (χ4n) is 4.65. The van der Waals surface area contributed by atoms with Crippen molar-refractivity contribution in [3.05, 3.63) is 44.8 Å². The van der Waals surface area contributed by atoms with Gasteiger partial charge in [0.25, 0.3) is 17.7 Å². The van der Waals surface area contributed by atoms with Crippen molar-refractivity contribution in [2.45, 2.75) is 38.5 Å². The predicted molar refractivity (Wildman–Crippen MR) is 131 cm³/mol. The van der Waals surface area contributed by atoms with Gasteiger partial charge in [0.1, 0.15) is 5.69 Å². The molecule has 1 spiro atoms. The minimum absolute atomic E-state index is 0.0207. The molecule has 2 aliphatic heterocycles. The summed E-state index contributed by atoms with van der Waals surface area (Å²) >= 11 is 2.20. The molecule has 8 nitrogen and oxygen atoms in total. The van der Waals surface area contributed by atoms with Gasteiger partial charge in [0.15, 0.2) is 0 Å². The monoisotopic (exact) mass is 582 g/mol. The number of benzene rings is 1. The van der Waals surface area contributed by atoms with E-state index in [1.54, 1.807) is 19.1 Å². The smallest absolute Gasteiger partial charge is 0.293 e. The number of anilines is 2. The number of hydrogen-bond donors (Lipinski definition) is 1. The van der Waals surface area contributed by atoms with Crippen molar-refractivity contribution in [3.63, 3.8) is 0 Å². The summed E-state index contributed by atoms with van der Waals surface area (Å²) in [5.74, 6) is 1.76. The SMILES string of the molecule is Cc1cc(C(=O)N(N)C(=O)c2ccc(I)cc2N2CCC3(CC2)CC3)nc(N2CC(F)(F)C2)n1. The number of nitrogens with two attached hydrogens (primary N) is 1. The molecule has 1 aliphatic carbocycles. The number of alkyl halides is 2. The number of aromatic nitrogens is 2. The van der Waals surface area contributed by atoms with Crippen molar-refractivity contribution in [1.82, 2.24) is 15.0 Å². The quantitative estimate of drug-likeness (QED) is 0.194. The number of hydrazine groups is 1. The van der Waals surface area contributed by atoms with Gasteiger partial charge < -0.3 is 9.80 Å². The van der Waals surface area contributed by atoms with Crippen LogP contribution in [0.1, 0.15) is 52.2 Å². The van der Waals surface area contributed by atoms with E-state index in [9.17, 15) is 18.4 Å². The lowest BCUT2D eigenvalue weighted by Crippen LogP contribution is -2.57. The number of imide groups is 1. The van der Waals surface area contributed by atoms with E-state index in [1.165, 1.54) is 23.8 Å². The van der Waals surface area contributed by atoms with Gasteiger partial charge in [-0.05, 0) is 84.9 Å². The summed E-state index contributed by atoms with van der Waals surface area (Å²) in [6.07, 6.45) is 4.74. The van der Waals surface area contributed by atoms with Crippen molar-refractivity contribution in [2.75, 3.05) is 36.0 Å². The summed E-state index contributed by atoms with van der Waals surface area (Å²) in [6.45, 7) is 2.31. The van der Waals surface area contributed by atoms with Gasteiger partial charge in [0.2, 0.25) is 5.95 Å². The number of hydrogen-bond acceptors (Lipinski definition) is 7. The Bertz CT molecular complexity index is 1150. The Kier molecular flexibility index (Phi) is 5.74. The van der Waals surface area contributed by atoms with Crippen LogP contribution in [0.15, 0.2) is 24.3 Å². The molecule has 1 aromatic carbocycles. The summed E-state index contributed by atoms with van der Waals surface area (Å²) < 4.78 is 27.5. The van der Waals surface area contributed by atoms with Gasteiger partial charge in [-0.25, -0.2) is 29.6 Å². The van der Waals surface area contributed by atoms with Crippen LogP contribution in [0.4, 0.5) is 20.4 Å². The summed E-state index contributed by atoms with van der Waals surface area (Å²) in [6, 6.07) is 6.82. The van der Waals surface area contributed by atoms with Gasteiger partial charge in [0, 0.05) is 22.4 Å². The summed E-state index contributed by atoms with van der Waals surface area (Å²) in [7, 11) is 0. The number of carbonyl (C=O) groups is 2. The normalized spacial score (nSPS) is 20.1. The molecule has 0 atom stereocenters. The van der Waals surface area contributed by atoms with Crippen LogP contribution >= 0.6 is 22.6 Å². The number of piperidine rings is 1. The van der Waals surface area contributed by atoms with E-state index in [-0.39, 0.29) is 11.6 Å². The van der Waals surface area contributed by atoms with Gasteiger partial charge >= 0.3 is 0 Å². The molecule has 3 fully saturated rings. The Hall–Kier alpha value is -2.41. The molecule has 2 N–H and O–H groups in total. The van der Waals surface area contributed by atoms with Gasteiger partial charge in [-0.15, -0.1) is 0 Å². The second-order valence-corrected chi connectivity index (χ2v) is 10.8. The fourth-order valence-corrected chi connectivity index (χ4v) is 5.12. The first-order valence-electron chi connectivity index (χ1n) is 11.2. The molecule has 0 unspecified atom stereocenters. The van der Waals surface area contributed by atoms with E-state index in [1.807, 2.05) is 6.07 Å². The number of halogens is 3. The molecule has 180 valence electrons. The maximum absolute atomic E-state index is 13.3. The minimum Gasteiger partial charge on any atom is -0.371 e. The molecule has 1 saturated carbocycles. The van der Waals surface area contributed by atoms with Crippen LogP contribution < -0.4 is 15.6 Å². The van der Waals surface area contributed by atoms with Crippen LogP contribution in [0.2, 0.25) is 0 Å². The Morgan fingerprint density at radius 1 is 1.03 bits per heavy atom. The van der Waals surface area contributed by atoms with E-state index in [0.717, 1.165) is 35.2 Å². The van der Waals surface area contributed by atoms with Crippen LogP contribution in [0, 0.1) is 15.9 Å². The van der Waals surface area contributed by atoms with Crippen LogP contribution in [-0.4, -0.2) is 58.9 Å². The number of aryl methyl sites for hydroxylation is 1. The standard InChI is InChI=1S/C23H25F2IN6O2/c1-14-10-17(29-21(28-14)31-12-23(24,25)13-31)20(34)32(27)19(33)16-3-2-15(26)11-18(16)30-8-6-22(4-5-22)7-9-30/h2-3,10-11H,4-9,12-13,27H2,1H3. The van der Waals surface area contributed by atoms with Gasteiger partial charge in [0.05, 0.1) is 24.3 Å². The Morgan fingerprint density at radius 3 is 2.32 bits per heavy atom. The molecule has 34 heavy (non-hydrogen) atoms. The molecular weight excluding hydrogens is 557 g/mol. The molecule has 3 heterocycles. The molecule has 2 saturated heterocycles. The second kappa shape index (κ2) is 8.36. The lowest BCUT2D eigenvalue weighted by atomic mass is 9.93. The Morgan fingerprint density at radius 2 is 1.71 bits per heavy atom. The van der Waals surface area contributed by atoms with Crippen LogP contribution in [0.5, 0.6) is 0 Å². The molecule has 2 aromatic rings. The summed E-state index contributed by atoms with van der Waals surface area (Å²) in [5, 5.41) is 0.550. The van der Waals surface area contributed by atoms with Crippen molar-refractivity contribution < 1.29 is 18.4 Å². The minimum atomic E-state index is -2.80. The van der Waals surface area contributed by atoms with Crippen molar-refractivity contribution in [2.24, 2.45) is 11.3 Å². The average Bonchev–Trinajstić information content (AvgIpc) is 3.54. The highest BCUT2D eigenvalue weighted by atomic mass is 127. The van der Waals surface area contributed by atoms with Crippen LogP contribution in [-0.2, 0) is 0 Å². The highest BCUT2D eigenvalue weighted by Gasteiger charge is 2.46. The summed E-state index contributed by atoms with van der Waals surface area (Å²) in [4.78, 5) is 38.1. The maximum atomic E-state index is 13.3. The van der Waals surface area contributed by atoms with Crippen molar-refractivity contribution in [1.29, 1.82) is 0 Å². The van der Waals surface area contributed by atoms with Gasteiger partial charge in [-0.1, -0.05) is 0 Å². The molecule has 3 aliphatic rings. The van der Waals surface area contributed by atoms with E-state index < -0.39 is 30.8 Å².